The number of fused-ring (bicyclic) bond motifs is 2. The smallest absolute Gasteiger partial charge is 0.264 e. The maximum absolute atomic E-state index is 14.6. The van der Waals surface area contributed by atoms with E-state index in [-0.39, 0.29) is 23.3 Å². The minimum atomic E-state index is -2.64. The Bertz CT molecular complexity index is 1520. The molecule has 222 valence electrons. The van der Waals surface area contributed by atoms with Gasteiger partial charge in [0.15, 0.2) is 0 Å². The van der Waals surface area contributed by atoms with Gasteiger partial charge in [0.05, 0.1) is 6.20 Å². The standard InChI is InChI=1S/C33H39F2N5O2/c1-4-38-12-9-22(16-32(38)42)25-13-23-7-5-10-39(21(2)41)20-29(23)31(15-25)40-11-6-8-24-14-27(26-18-36-37(3)19-26)28(33(34)35)17-30(24)40/h13-15,17-19,22,33H,4-12,16,20H2,1-3H3. The van der Waals surface area contributed by atoms with Crippen LogP contribution in [-0.4, -0.2) is 57.6 Å². The SMILES string of the molecule is CCN1CCC(c2cc3c(c(N4CCCc5cc(-c6cnn(C)c6)c(C(F)F)cc54)c2)CN(C(C)=O)CCC3)CC1=O. The number of carbonyl (C=O) groups excluding carboxylic acids is 2. The Morgan fingerprint density at radius 2 is 1.83 bits per heavy atom. The minimum absolute atomic E-state index is 0.00112. The van der Waals surface area contributed by atoms with Crippen molar-refractivity contribution in [2.45, 2.75) is 71.3 Å². The summed E-state index contributed by atoms with van der Waals surface area (Å²) in [7, 11) is 1.79. The lowest BCUT2D eigenvalue weighted by atomic mass is 9.85. The molecule has 1 fully saturated rings. The molecule has 7 nitrogen and oxygen atoms in total. The van der Waals surface area contributed by atoms with Crippen molar-refractivity contribution in [1.29, 1.82) is 0 Å². The number of rotatable bonds is 5. The highest BCUT2D eigenvalue weighted by Gasteiger charge is 2.31. The zero-order valence-corrected chi connectivity index (χ0v) is 24.7. The van der Waals surface area contributed by atoms with Gasteiger partial charge in [0.1, 0.15) is 0 Å². The number of carbonyl (C=O) groups is 2. The number of benzene rings is 2. The molecule has 9 heteroatoms. The first kappa shape index (κ1) is 28.4. The molecule has 0 aliphatic carbocycles. The number of anilines is 2. The summed E-state index contributed by atoms with van der Waals surface area (Å²) in [4.78, 5) is 31.4. The highest BCUT2D eigenvalue weighted by molar-refractivity contribution is 5.80. The fourth-order valence-electron chi connectivity index (χ4n) is 7.01. The molecule has 3 aliphatic rings. The van der Waals surface area contributed by atoms with E-state index in [1.807, 2.05) is 22.8 Å². The van der Waals surface area contributed by atoms with Gasteiger partial charge in [-0.25, -0.2) is 8.78 Å². The predicted molar refractivity (Wildman–Crippen MR) is 159 cm³/mol. The molecular formula is C33H39F2N5O2. The number of hydrogen-bond acceptors (Lipinski definition) is 4. The molecule has 1 saturated heterocycles. The third-order valence-electron chi connectivity index (χ3n) is 9.30. The van der Waals surface area contributed by atoms with Crippen LogP contribution in [0.4, 0.5) is 20.2 Å². The number of piperidine rings is 1. The lowest BCUT2D eigenvalue weighted by Crippen LogP contribution is -2.38. The van der Waals surface area contributed by atoms with Gasteiger partial charge in [-0.1, -0.05) is 6.07 Å². The first-order chi connectivity index (χ1) is 20.2. The van der Waals surface area contributed by atoms with Crippen LogP contribution in [0.5, 0.6) is 0 Å². The van der Waals surface area contributed by atoms with Crippen molar-refractivity contribution >= 4 is 23.2 Å². The Hall–Kier alpha value is -3.75. The van der Waals surface area contributed by atoms with Crippen LogP contribution < -0.4 is 4.90 Å². The molecule has 1 unspecified atom stereocenters. The molecule has 0 spiro atoms. The number of alkyl halides is 2. The molecule has 0 N–H and O–H groups in total. The van der Waals surface area contributed by atoms with Gasteiger partial charge in [-0.15, -0.1) is 0 Å². The number of aromatic nitrogens is 2. The summed E-state index contributed by atoms with van der Waals surface area (Å²) in [6, 6.07) is 8.03. The topological polar surface area (TPSA) is 61.7 Å². The summed E-state index contributed by atoms with van der Waals surface area (Å²) >= 11 is 0. The highest BCUT2D eigenvalue weighted by Crippen LogP contribution is 2.44. The zero-order valence-electron chi connectivity index (χ0n) is 24.7. The van der Waals surface area contributed by atoms with Crippen molar-refractivity contribution < 1.29 is 18.4 Å². The van der Waals surface area contributed by atoms with Crippen molar-refractivity contribution in [3.8, 4) is 11.1 Å². The van der Waals surface area contributed by atoms with Crippen molar-refractivity contribution in [2.24, 2.45) is 7.05 Å². The highest BCUT2D eigenvalue weighted by atomic mass is 19.3. The second-order valence-corrected chi connectivity index (χ2v) is 11.9. The lowest BCUT2D eigenvalue weighted by molar-refractivity contribution is -0.133. The molecule has 42 heavy (non-hydrogen) atoms. The molecule has 1 atom stereocenters. The van der Waals surface area contributed by atoms with Crippen LogP contribution in [0, 0.1) is 0 Å². The van der Waals surface area contributed by atoms with Gasteiger partial charge in [0.25, 0.3) is 6.43 Å². The van der Waals surface area contributed by atoms with Crippen molar-refractivity contribution in [2.75, 3.05) is 31.1 Å². The number of halogens is 2. The molecule has 0 bridgehead atoms. The van der Waals surface area contributed by atoms with E-state index < -0.39 is 6.43 Å². The van der Waals surface area contributed by atoms with Gasteiger partial charge in [-0.05, 0) is 91.0 Å². The molecule has 0 saturated carbocycles. The van der Waals surface area contributed by atoms with Crippen molar-refractivity contribution in [1.82, 2.24) is 19.6 Å². The van der Waals surface area contributed by atoms with Gasteiger partial charge in [-0.3, -0.25) is 14.3 Å². The minimum Gasteiger partial charge on any atom is -0.343 e. The summed E-state index contributed by atoms with van der Waals surface area (Å²) in [6.07, 6.45) is 5.54. The number of hydrogen-bond donors (Lipinski definition) is 0. The van der Waals surface area contributed by atoms with Crippen LogP contribution >= 0.6 is 0 Å². The first-order valence-electron chi connectivity index (χ1n) is 15.1. The van der Waals surface area contributed by atoms with E-state index in [9.17, 15) is 18.4 Å². The Balaban J connectivity index is 1.48. The monoisotopic (exact) mass is 575 g/mol. The van der Waals surface area contributed by atoms with Gasteiger partial charge in [0.2, 0.25) is 11.8 Å². The largest absolute Gasteiger partial charge is 0.343 e. The Labute approximate surface area is 246 Å². The van der Waals surface area contributed by atoms with E-state index in [0.717, 1.165) is 73.3 Å². The van der Waals surface area contributed by atoms with Crippen LogP contribution in [0.1, 0.15) is 79.7 Å². The van der Waals surface area contributed by atoms with E-state index in [1.54, 1.807) is 37.1 Å². The number of nitrogens with zero attached hydrogens (tertiary/aromatic N) is 5. The van der Waals surface area contributed by atoms with Crippen LogP contribution in [0.25, 0.3) is 11.1 Å². The molecule has 0 radical (unpaired) electrons. The Kier molecular flexibility index (Phi) is 7.77. The van der Waals surface area contributed by atoms with E-state index in [2.05, 4.69) is 22.1 Å². The number of likely N-dealkylation sites (tertiary alicyclic amines) is 1. The summed E-state index contributed by atoms with van der Waals surface area (Å²) in [5.41, 5.74) is 7.45. The molecule has 3 aliphatic heterocycles. The second kappa shape index (κ2) is 11.5. The van der Waals surface area contributed by atoms with Crippen LogP contribution in [0.2, 0.25) is 0 Å². The summed E-state index contributed by atoms with van der Waals surface area (Å²) < 4.78 is 30.8. The van der Waals surface area contributed by atoms with Crippen molar-refractivity contribution in [3.05, 3.63) is 64.5 Å². The lowest BCUT2D eigenvalue weighted by Gasteiger charge is -2.36. The van der Waals surface area contributed by atoms with E-state index in [1.165, 1.54) is 5.56 Å². The van der Waals surface area contributed by atoms with E-state index >= 15 is 0 Å². The quantitative estimate of drug-likeness (QED) is 0.367. The molecule has 3 aromatic rings. The summed E-state index contributed by atoms with van der Waals surface area (Å²) in [6.45, 7) is 6.97. The fraction of sp³-hybridized carbons (Fsp3) is 0.485. The summed E-state index contributed by atoms with van der Waals surface area (Å²) in [5.74, 6) is 0.335. The summed E-state index contributed by atoms with van der Waals surface area (Å²) in [5, 5.41) is 4.22. The fourth-order valence-corrected chi connectivity index (χ4v) is 7.01. The number of amides is 2. The Morgan fingerprint density at radius 3 is 2.52 bits per heavy atom. The molecule has 2 aromatic carbocycles. The van der Waals surface area contributed by atoms with Crippen molar-refractivity contribution in [3.63, 3.8) is 0 Å². The molecule has 4 heterocycles. The third kappa shape index (κ3) is 5.29. The Morgan fingerprint density at radius 1 is 1.05 bits per heavy atom. The van der Waals surface area contributed by atoms with Gasteiger partial charge < -0.3 is 14.7 Å². The second-order valence-electron chi connectivity index (χ2n) is 11.9. The van der Waals surface area contributed by atoms with Crippen LogP contribution in [-0.2, 0) is 36.0 Å². The number of aryl methyl sites for hydroxylation is 3. The van der Waals surface area contributed by atoms with E-state index in [0.29, 0.717) is 37.2 Å². The predicted octanol–water partition coefficient (Wildman–Crippen LogP) is 6.13. The molecule has 2 amide bonds. The first-order valence-corrected chi connectivity index (χ1v) is 15.1. The van der Waals surface area contributed by atoms with Crippen LogP contribution in [0.3, 0.4) is 0 Å². The maximum atomic E-state index is 14.6. The molecule has 1 aromatic heterocycles. The van der Waals surface area contributed by atoms with E-state index in [4.69, 9.17) is 0 Å². The van der Waals surface area contributed by atoms with Gasteiger partial charge in [-0.2, -0.15) is 5.10 Å². The molecule has 6 rings (SSSR count). The third-order valence-corrected chi connectivity index (χ3v) is 9.30. The van der Waals surface area contributed by atoms with Gasteiger partial charge >= 0.3 is 0 Å². The zero-order chi connectivity index (χ0) is 29.5. The van der Waals surface area contributed by atoms with Gasteiger partial charge in [0, 0.05) is 81.8 Å². The van der Waals surface area contributed by atoms with Crippen LogP contribution in [0.15, 0.2) is 36.7 Å². The average Bonchev–Trinajstić information content (AvgIpc) is 3.29. The maximum Gasteiger partial charge on any atom is 0.264 e. The molecular weight excluding hydrogens is 536 g/mol. The average molecular weight is 576 g/mol. The normalized spacial score (nSPS) is 19.1.